The predicted octanol–water partition coefficient (Wildman–Crippen LogP) is 3.76. The molecule has 0 aromatic heterocycles. The van der Waals surface area contributed by atoms with Crippen molar-refractivity contribution in [1.29, 1.82) is 0 Å². The number of fused-ring (bicyclic) bond motifs is 2. The van der Waals surface area contributed by atoms with Gasteiger partial charge < -0.3 is 5.73 Å². The molecule has 3 aliphatic rings. The number of likely N-dealkylation sites (tertiary alicyclic amines) is 1. The monoisotopic (exact) mass is 497 g/mol. The van der Waals surface area contributed by atoms with E-state index in [-0.39, 0.29) is 32.6 Å². The van der Waals surface area contributed by atoms with Crippen LogP contribution in [0.5, 0.6) is 0 Å². The number of piperazine rings is 1. The van der Waals surface area contributed by atoms with Gasteiger partial charge in [0.1, 0.15) is 5.82 Å². The summed E-state index contributed by atoms with van der Waals surface area (Å²) in [7, 11) is -3.72. The SMILES string of the molecule is NC(=O)c1cc(C2CC2)c(CN2C[C@@H]3C[C@H]2CN3S(=O)(=O)c2cc(Cl)cc(Cl)c2)cc1F. The van der Waals surface area contributed by atoms with Crippen molar-refractivity contribution < 1.29 is 17.6 Å². The number of nitrogens with two attached hydrogens (primary N) is 1. The molecular weight excluding hydrogens is 476 g/mol. The normalized spacial score (nSPS) is 23.7. The lowest BCUT2D eigenvalue weighted by Crippen LogP contribution is -2.48. The lowest BCUT2D eigenvalue weighted by atomic mass is 9.98. The molecule has 1 amide bonds. The number of carbonyl (C=O) groups excluding carboxylic acids is 1. The maximum absolute atomic E-state index is 14.5. The van der Waals surface area contributed by atoms with Crippen molar-refractivity contribution in [2.24, 2.45) is 5.73 Å². The second-order valence-electron chi connectivity index (χ2n) is 8.82. The maximum Gasteiger partial charge on any atom is 0.251 e. The Balaban J connectivity index is 1.36. The fourth-order valence-corrected chi connectivity index (χ4v) is 7.36. The molecule has 0 unspecified atom stereocenters. The number of benzene rings is 2. The topological polar surface area (TPSA) is 83.7 Å². The summed E-state index contributed by atoms with van der Waals surface area (Å²) in [4.78, 5) is 13.9. The molecule has 6 nitrogen and oxygen atoms in total. The standard InChI is InChI=1S/C22H22Cl2FN3O3S/c23-14-4-15(24)6-18(5-14)32(30,31)28-11-16-7-17(28)10-27(16)9-13-3-21(25)20(22(26)29)8-19(13)12-1-2-12/h3-6,8,12,16-17H,1-2,7,9-11H2,(H2,26,29)/t16-,17-/m0/s1. The Hall–Kier alpha value is -1.71. The van der Waals surface area contributed by atoms with Gasteiger partial charge >= 0.3 is 0 Å². The summed E-state index contributed by atoms with van der Waals surface area (Å²) in [5.74, 6) is -1.05. The summed E-state index contributed by atoms with van der Waals surface area (Å²) in [5, 5.41) is 0.548. The van der Waals surface area contributed by atoms with E-state index in [0.717, 1.165) is 24.0 Å². The van der Waals surface area contributed by atoms with Crippen molar-refractivity contribution in [1.82, 2.24) is 9.21 Å². The molecule has 3 fully saturated rings. The number of hydrogen-bond acceptors (Lipinski definition) is 4. The molecule has 2 heterocycles. The van der Waals surface area contributed by atoms with Gasteiger partial charge in [-0.3, -0.25) is 9.69 Å². The zero-order valence-corrected chi connectivity index (χ0v) is 19.4. The van der Waals surface area contributed by atoms with E-state index in [2.05, 4.69) is 4.90 Å². The first-order chi connectivity index (χ1) is 15.1. The maximum atomic E-state index is 14.5. The van der Waals surface area contributed by atoms with Crippen LogP contribution >= 0.6 is 23.2 Å². The Morgan fingerprint density at radius 3 is 2.31 bits per heavy atom. The van der Waals surface area contributed by atoms with E-state index in [1.807, 2.05) is 0 Å². The summed E-state index contributed by atoms with van der Waals surface area (Å²) >= 11 is 12.0. The number of primary amides is 1. The first-order valence-electron chi connectivity index (χ1n) is 10.5. The van der Waals surface area contributed by atoms with E-state index < -0.39 is 21.7 Å². The molecule has 10 heteroatoms. The van der Waals surface area contributed by atoms with Gasteiger partial charge in [-0.25, -0.2) is 12.8 Å². The lowest BCUT2D eigenvalue weighted by Gasteiger charge is -2.34. The highest BCUT2D eigenvalue weighted by molar-refractivity contribution is 7.89. The number of rotatable bonds is 6. The van der Waals surface area contributed by atoms with Crippen LogP contribution in [0.1, 0.15) is 46.7 Å². The van der Waals surface area contributed by atoms with Crippen LogP contribution in [-0.4, -0.2) is 48.7 Å². The Morgan fingerprint density at radius 1 is 1.06 bits per heavy atom. The van der Waals surface area contributed by atoms with Gasteiger partial charge in [-0.2, -0.15) is 4.31 Å². The summed E-state index contributed by atoms with van der Waals surface area (Å²) < 4.78 is 42.4. The van der Waals surface area contributed by atoms with Crippen LogP contribution in [-0.2, 0) is 16.6 Å². The molecule has 2 N–H and O–H groups in total. The van der Waals surface area contributed by atoms with Crippen LogP contribution in [0.15, 0.2) is 35.2 Å². The minimum Gasteiger partial charge on any atom is -0.366 e. The minimum atomic E-state index is -3.72. The second kappa shape index (κ2) is 7.95. The highest BCUT2D eigenvalue weighted by atomic mass is 35.5. The Bertz CT molecular complexity index is 1200. The third-order valence-electron chi connectivity index (χ3n) is 6.63. The quantitative estimate of drug-likeness (QED) is 0.658. The number of nitrogens with zero attached hydrogens (tertiary/aromatic N) is 2. The molecule has 1 aliphatic carbocycles. The predicted molar refractivity (Wildman–Crippen MR) is 120 cm³/mol. The molecule has 2 aliphatic heterocycles. The van der Waals surface area contributed by atoms with Crippen molar-refractivity contribution in [3.8, 4) is 0 Å². The molecule has 2 atom stereocenters. The van der Waals surface area contributed by atoms with Gasteiger partial charge in [0, 0.05) is 41.8 Å². The lowest BCUT2D eigenvalue weighted by molar-refractivity contribution is 0.0996. The molecule has 2 bridgehead atoms. The number of amides is 1. The third kappa shape index (κ3) is 3.92. The summed E-state index contributed by atoms with van der Waals surface area (Å²) in [6.45, 7) is 1.43. The van der Waals surface area contributed by atoms with Gasteiger partial charge in [-0.15, -0.1) is 0 Å². The van der Waals surface area contributed by atoms with Gasteiger partial charge in [0.2, 0.25) is 10.0 Å². The molecule has 32 heavy (non-hydrogen) atoms. The van der Waals surface area contributed by atoms with E-state index in [1.165, 1.54) is 28.6 Å². The van der Waals surface area contributed by atoms with Crippen LogP contribution < -0.4 is 5.73 Å². The van der Waals surface area contributed by atoms with Crippen molar-refractivity contribution in [2.75, 3.05) is 13.1 Å². The number of halogens is 3. The molecule has 1 saturated carbocycles. The molecule has 2 aromatic carbocycles. The highest BCUT2D eigenvalue weighted by Crippen LogP contribution is 2.44. The fraction of sp³-hybridized carbons (Fsp3) is 0.409. The summed E-state index contributed by atoms with van der Waals surface area (Å²) in [6.07, 6.45) is 2.74. The van der Waals surface area contributed by atoms with E-state index in [1.54, 1.807) is 6.07 Å². The van der Waals surface area contributed by atoms with Crippen molar-refractivity contribution in [3.05, 3.63) is 62.9 Å². The van der Waals surface area contributed by atoms with E-state index in [9.17, 15) is 17.6 Å². The fourth-order valence-electron chi connectivity index (χ4n) is 4.96. The van der Waals surface area contributed by atoms with Crippen LogP contribution in [0.25, 0.3) is 0 Å². The smallest absolute Gasteiger partial charge is 0.251 e. The minimum absolute atomic E-state index is 0.0374. The van der Waals surface area contributed by atoms with E-state index in [4.69, 9.17) is 28.9 Å². The molecular formula is C22H22Cl2FN3O3S. The van der Waals surface area contributed by atoms with Crippen molar-refractivity contribution in [2.45, 2.75) is 48.7 Å². The Kier molecular flexibility index (Phi) is 5.49. The van der Waals surface area contributed by atoms with Gasteiger partial charge in [-0.05, 0) is 66.6 Å². The summed E-state index contributed by atoms with van der Waals surface area (Å²) in [5.41, 5.74) is 7.07. The molecule has 170 valence electrons. The zero-order valence-electron chi connectivity index (χ0n) is 17.1. The average molecular weight is 498 g/mol. The summed E-state index contributed by atoms with van der Waals surface area (Å²) in [6, 6.07) is 7.22. The van der Waals surface area contributed by atoms with Crippen LogP contribution in [0.3, 0.4) is 0 Å². The third-order valence-corrected chi connectivity index (χ3v) is 8.96. The van der Waals surface area contributed by atoms with Gasteiger partial charge in [0.25, 0.3) is 5.91 Å². The van der Waals surface area contributed by atoms with Gasteiger partial charge in [0.05, 0.1) is 10.5 Å². The van der Waals surface area contributed by atoms with Gasteiger partial charge in [-0.1, -0.05) is 23.2 Å². The number of sulfonamides is 1. The first-order valence-corrected chi connectivity index (χ1v) is 12.7. The Morgan fingerprint density at radius 2 is 1.75 bits per heavy atom. The molecule has 2 aromatic rings. The van der Waals surface area contributed by atoms with Crippen molar-refractivity contribution in [3.63, 3.8) is 0 Å². The molecule has 0 spiro atoms. The van der Waals surface area contributed by atoms with E-state index in [0.29, 0.717) is 32.0 Å². The highest BCUT2D eigenvalue weighted by Gasteiger charge is 2.48. The van der Waals surface area contributed by atoms with Crippen LogP contribution in [0, 0.1) is 5.82 Å². The average Bonchev–Trinajstić information content (AvgIpc) is 3.35. The number of hydrogen-bond donors (Lipinski definition) is 1. The second-order valence-corrected chi connectivity index (χ2v) is 11.6. The first kappa shape index (κ1) is 22.1. The molecule has 2 saturated heterocycles. The van der Waals surface area contributed by atoms with Gasteiger partial charge in [0.15, 0.2) is 0 Å². The van der Waals surface area contributed by atoms with Crippen LogP contribution in [0.2, 0.25) is 10.0 Å². The molecule has 5 rings (SSSR count). The molecule has 0 radical (unpaired) electrons. The van der Waals surface area contributed by atoms with E-state index >= 15 is 0 Å². The van der Waals surface area contributed by atoms with Crippen molar-refractivity contribution >= 4 is 39.1 Å². The zero-order chi connectivity index (χ0) is 22.8. The number of carbonyl (C=O) groups is 1. The largest absolute Gasteiger partial charge is 0.366 e. The Labute approximate surface area is 196 Å². The van der Waals surface area contributed by atoms with Crippen LogP contribution in [0.4, 0.5) is 4.39 Å².